The van der Waals surface area contributed by atoms with Gasteiger partial charge in [-0.1, -0.05) is 24.1 Å². The van der Waals surface area contributed by atoms with Crippen LogP contribution in [0.2, 0.25) is 0 Å². The van der Waals surface area contributed by atoms with E-state index in [2.05, 4.69) is 4.74 Å². The number of hydrogen-bond acceptors (Lipinski definition) is 1. The molecule has 0 saturated carbocycles. The Kier molecular flexibility index (Phi) is 4.28. The maximum absolute atomic E-state index is 12.9. The molecule has 0 saturated heterocycles. The Morgan fingerprint density at radius 3 is 1.87 bits per heavy atom. The van der Waals surface area contributed by atoms with Gasteiger partial charge in [0, 0.05) is 5.56 Å². The van der Waals surface area contributed by atoms with Gasteiger partial charge in [-0.2, -0.15) is 13.2 Å². The highest BCUT2D eigenvalue weighted by molar-refractivity contribution is 5.67. The number of ether oxygens (including phenoxy) is 1. The number of benzene rings is 2. The number of alkyl halides is 6. The lowest BCUT2D eigenvalue weighted by molar-refractivity contribution is -0.274. The molecule has 0 aromatic heterocycles. The zero-order valence-electron chi connectivity index (χ0n) is 11.3. The zero-order chi connectivity index (χ0) is 17.3. The van der Waals surface area contributed by atoms with Gasteiger partial charge in [0.2, 0.25) is 0 Å². The van der Waals surface area contributed by atoms with E-state index in [0.29, 0.717) is 5.56 Å². The fourth-order valence-electron chi connectivity index (χ4n) is 1.93. The fraction of sp³-hybridized carbons (Fsp3) is 0.125. The highest BCUT2D eigenvalue weighted by Gasteiger charge is 2.33. The molecule has 23 heavy (non-hydrogen) atoms. The number of hydrogen-bond donors (Lipinski definition) is 0. The predicted molar refractivity (Wildman–Crippen MR) is 71.5 cm³/mol. The van der Waals surface area contributed by atoms with Gasteiger partial charge in [0.05, 0.1) is 5.56 Å². The van der Waals surface area contributed by atoms with Crippen molar-refractivity contribution < 1.29 is 31.1 Å². The summed E-state index contributed by atoms with van der Waals surface area (Å²) in [7, 11) is 0. The van der Waals surface area contributed by atoms with Crippen LogP contribution in [0.3, 0.4) is 0 Å². The first-order valence-corrected chi connectivity index (χ1v) is 6.14. The molecule has 0 fully saturated rings. The smallest absolute Gasteiger partial charge is 0.406 e. The van der Waals surface area contributed by atoms with Crippen molar-refractivity contribution in [3.8, 4) is 29.2 Å². The van der Waals surface area contributed by atoms with E-state index in [1.54, 1.807) is 0 Å². The highest BCUT2D eigenvalue weighted by atomic mass is 19.4. The zero-order valence-corrected chi connectivity index (χ0v) is 11.3. The topological polar surface area (TPSA) is 9.23 Å². The average Bonchev–Trinajstić information content (AvgIpc) is 2.45. The molecule has 0 bridgehead atoms. The molecule has 0 aliphatic rings. The van der Waals surface area contributed by atoms with Crippen molar-refractivity contribution in [2.24, 2.45) is 0 Å². The van der Waals surface area contributed by atoms with Gasteiger partial charge in [-0.25, -0.2) is 0 Å². The summed E-state index contributed by atoms with van der Waals surface area (Å²) in [6, 6.07) is 7.85. The van der Waals surface area contributed by atoms with E-state index in [1.165, 1.54) is 18.2 Å². The third kappa shape index (κ3) is 4.19. The van der Waals surface area contributed by atoms with Crippen LogP contribution in [0.1, 0.15) is 11.1 Å². The Bertz CT molecular complexity index is 735. The third-order valence-corrected chi connectivity index (χ3v) is 2.90. The lowest BCUT2D eigenvalue weighted by atomic mass is 9.99. The minimum Gasteiger partial charge on any atom is -0.406 e. The molecular weight excluding hydrogens is 322 g/mol. The molecule has 0 amide bonds. The minimum absolute atomic E-state index is 0.176. The van der Waals surface area contributed by atoms with Crippen LogP contribution >= 0.6 is 0 Å². The van der Waals surface area contributed by atoms with E-state index in [1.807, 2.05) is 5.92 Å². The van der Waals surface area contributed by atoms with Gasteiger partial charge < -0.3 is 4.74 Å². The van der Waals surface area contributed by atoms with Crippen molar-refractivity contribution in [1.29, 1.82) is 0 Å². The molecule has 0 heterocycles. The van der Waals surface area contributed by atoms with Gasteiger partial charge in [-0.05, 0) is 35.4 Å². The second-order valence-corrected chi connectivity index (χ2v) is 4.47. The van der Waals surface area contributed by atoms with Gasteiger partial charge in [0.15, 0.2) is 0 Å². The molecule has 0 aliphatic carbocycles. The normalized spacial score (nSPS) is 11.9. The summed E-state index contributed by atoms with van der Waals surface area (Å²) in [5.41, 5.74) is -0.810. The van der Waals surface area contributed by atoms with Gasteiger partial charge >= 0.3 is 12.5 Å². The third-order valence-electron chi connectivity index (χ3n) is 2.90. The highest BCUT2D eigenvalue weighted by Crippen LogP contribution is 2.35. The molecule has 2 aromatic carbocycles. The molecule has 0 aliphatic heterocycles. The van der Waals surface area contributed by atoms with Crippen LogP contribution in [-0.2, 0) is 6.18 Å². The summed E-state index contributed by atoms with van der Waals surface area (Å²) in [5.74, 6) is 1.49. The molecule has 0 N–H and O–H groups in total. The second-order valence-electron chi connectivity index (χ2n) is 4.47. The molecule has 0 unspecified atom stereocenters. The van der Waals surface area contributed by atoms with Crippen molar-refractivity contribution in [1.82, 2.24) is 0 Å². The molecule has 0 atom stereocenters. The fourth-order valence-corrected chi connectivity index (χ4v) is 1.93. The van der Waals surface area contributed by atoms with Gasteiger partial charge in [0.25, 0.3) is 0 Å². The largest absolute Gasteiger partial charge is 0.573 e. The molecule has 2 rings (SSSR count). The minimum atomic E-state index is -4.83. The van der Waals surface area contributed by atoms with Gasteiger partial charge in [0.1, 0.15) is 5.75 Å². The van der Waals surface area contributed by atoms with E-state index in [9.17, 15) is 26.3 Å². The van der Waals surface area contributed by atoms with E-state index >= 15 is 0 Å². The van der Waals surface area contributed by atoms with Crippen molar-refractivity contribution in [2.45, 2.75) is 12.5 Å². The van der Waals surface area contributed by atoms with Crippen molar-refractivity contribution >= 4 is 0 Å². The second kappa shape index (κ2) is 5.88. The van der Waals surface area contributed by atoms with Crippen LogP contribution in [0.15, 0.2) is 42.5 Å². The molecule has 0 spiro atoms. The first kappa shape index (κ1) is 16.7. The number of terminal acetylenes is 1. The van der Waals surface area contributed by atoms with E-state index in [4.69, 9.17) is 6.42 Å². The maximum atomic E-state index is 12.9. The molecule has 7 heteroatoms. The van der Waals surface area contributed by atoms with Crippen molar-refractivity contribution in [2.75, 3.05) is 0 Å². The summed E-state index contributed by atoms with van der Waals surface area (Å²) >= 11 is 0. The summed E-state index contributed by atoms with van der Waals surface area (Å²) < 4.78 is 78.7. The summed E-state index contributed by atoms with van der Waals surface area (Å²) in [5, 5.41) is 0. The standard InChI is InChI=1S/C16H8F6O/c1-2-10-3-4-12(9-14(10)15(17,18)19)11-5-7-13(8-6-11)23-16(20,21)22/h1,3-9H. The van der Waals surface area contributed by atoms with Crippen LogP contribution in [0.4, 0.5) is 26.3 Å². The first-order chi connectivity index (χ1) is 10.6. The maximum Gasteiger partial charge on any atom is 0.573 e. The number of halogens is 6. The van der Waals surface area contributed by atoms with Gasteiger partial charge in [-0.3, -0.25) is 0 Å². The van der Waals surface area contributed by atoms with Crippen molar-refractivity contribution in [3.63, 3.8) is 0 Å². The van der Waals surface area contributed by atoms with Crippen molar-refractivity contribution in [3.05, 3.63) is 53.6 Å². The Morgan fingerprint density at radius 2 is 1.39 bits per heavy atom. The SMILES string of the molecule is C#Cc1ccc(-c2ccc(OC(F)(F)F)cc2)cc1C(F)(F)F. The molecule has 2 aromatic rings. The van der Waals surface area contributed by atoms with Crippen LogP contribution < -0.4 is 4.74 Å². The first-order valence-electron chi connectivity index (χ1n) is 6.14. The Morgan fingerprint density at radius 1 is 0.826 bits per heavy atom. The summed E-state index contributed by atoms with van der Waals surface area (Å²) in [6.07, 6.45) is -4.42. The van der Waals surface area contributed by atoms with Crippen LogP contribution in [0, 0.1) is 12.3 Å². The quantitative estimate of drug-likeness (QED) is 0.540. The Labute approximate surface area is 127 Å². The predicted octanol–water partition coefficient (Wildman–Crippen LogP) is 5.25. The lowest BCUT2D eigenvalue weighted by Gasteiger charge is -2.12. The Hall–Kier alpha value is -2.62. The van der Waals surface area contributed by atoms with E-state index in [0.717, 1.165) is 24.3 Å². The number of rotatable bonds is 2. The van der Waals surface area contributed by atoms with Crippen LogP contribution in [0.5, 0.6) is 5.75 Å². The molecule has 120 valence electrons. The summed E-state index contributed by atoms with van der Waals surface area (Å²) in [6.45, 7) is 0. The monoisotopic (exact) mass is 330 g/mol. The molecule has 1 nitrogen and oxygen atoms in total. The Balaban J connectivity index is 2.38. The van der Waals surface area contributed by atoms with Crippen LogP contribution in [0.25, 0.3) is 11.1 Å². The van der Waals surface area contributed by atoms with E-state index < -0.39 is 23.9 Å². The average molecular weight is 330 g/mol. The summed E-state index contributed by atoms with van der Waals surface area (Å²) in [4.78, 5) is 0. The van der Waals surface area contributed by atoms with E-state index in [-0.39, 0.29) is 11.1 Å². The van der Waals surface area contributed by atoms with Gasteiger partial charge in [-0.15, -0.1) is 19.6 Å². The lowest BCUT2D eigenvalue weighted by Crippen LogP contribution is -2.16. The van der Waals surface area contributed by atoms with Crippen LogP contribution in [-0.4, -0.2) is 6.36 Å². The molecule has 0 radical (unpaired) electrons. The molecular formula is C16H8F6O.